The Kier molecular flexibility index (Phi) is 2.18. The molecule has 0 amide bonds. The van der Waals surface area contributed by atoms with Crippen molar-refractivity contribution < 1.29 is 4.42 Å². The Morgan fingerprint density at radius 2 is 1.88 bits per heavy atom. The lowest BCUT2D eigenvalue weighted by molar-refractivity contribution is 0.609. The van der Waals surface area contributed by atoms with Crippen LogP contribution in [0, 0.1) is 0 Å². The van der Waals surface area contributed by atoms with Crippen molar-refractivity contribution in [2.75, 3.05) is 0 Å². The summed E-state index contributed by atoms with van der Waals surface area (Å²) in [6.07, 6.45) is 4.35. The van der Waals surface area contributed by atoms with Crippen LogP contribution < -0.4 is 0 Å². The van der Waals surface area contributed by atoms with Crippen LogP contribution in [0.1, 0.15) is 11.3 Å². The standard InChI is InChI=1S/C14H11NO/c1-2-4-11(5-3-1)10-13-14-12(6-8-15-13)7-9-16-14/h1-9H,10H2. The SMILES string of the molecule is c1ccc(Cc2nccc3ccoc23)cc1. The number of furan rings is 1. The highest BCUT2D eigenvalue weighted by Crippen LogP contribution is 2.20. The van der Waals surface area contributed by atoms with E-state index in [0.717, 1.165) is 23.1 Å². The fourth-order valence-corrected chi connectivity index (χ4v) is 1.87. The molecule has 0 N–H and O–H groups in total. The molecule has 0 bridgehead atoms. The molecule has 0 saturated heterocycles. The third kappa shape index (κ3) is 1.58. The highest BCUT2D eigenvalue weighted by molar-refractivity contribution is 5.78. The fraction of sp³-hybridized carbons (Fsp3) is 0.0714. The molecule has 0 fully saturated rings. The summed E-state index contributed by atoms with van der Waals surface area (Å²) in [6, 6.07) is 14.2. The number of fused-ring (bicyclic) bond motifs is 1. The monoisotopic (exact) mass is 209 g/mol. The molecule has 2 heteroatoms. The largest absolute Gasteiger partial charge is 0.462 e. The molecule has 2 heterocycles. The number of nitrogens with zero attached hydrogens (tertiary/aromatic N) is 1. The molecule has 3 aromatic rings. The molecular formula is C14H11NO. The van der Waals surface area contributed by atoms with E-state index in [9.17, 15) is 0 Å². The van der Waals surface area contributed by atoms with Crippen molar-refractivity contribution in [3.05, 3.63) is 66.2 Å². The van der Waals surface area contributed by atoms with E-state index < -0.39 is 0 Å². The number of aromatic nitrogens is 1. The molecule has 0 aliphatic heterocycles. The maximum atomic E-state index is 5.46. The van der Waals surface area contributed by atoms with E-state index in [1.54, 1.807) is 6.26 Å². The van der Waals surface area contributed by atoms with Crippen molar-refractivity contribution in [1.29, 1.82) is 0 Å². The first-order valence-electron chi connectivity index (χ1n) is 5.28. The normalized spacial score (nSPS) is 10.8. The first kappa shape index (κ1) is 9.16. The van der Waals surface area contributed by atoms with Crippen LogP contribution in [0.25, 0.3) is 11.0 Å². The predicted octanol–water partition coefficient (Wildman–Crippen LogP) is 3.42. The van der Waals surface area contributed by atoms with Crippen molar-refractivity contribution >= 4 is 11.0 Å². The third-order valence-corrected chi connectivity index (χ3v) is 2.66. The van der Waals surface area contributed by atoms with Crippen molar-refractivity contribution in [3.63, 3.8) is 0 Å². The van der Waals surface area contributed by atoms with Crippen molar-refractivity contribution in [2.24, 2.45) is 0 Å². The molecule has 1 aromatic carbocycles. The van der Waals surface area contributed by atoms with Crippen LogP contribution in [0.4, 0.5) is 0 Å². The van der Waals surface area contributed by atoms with Gasteiger partial charge in [0, 0.05) is 18.0 Å². The molecule has 0 saturated carbocycles. The average Bonchev–Trinajstić information content (AvgIpc) is 2.80. The summed E-state index contributed by atoms with van der Waals surface area (Å²) in [4.78, 5) is 4.38. The summed E-state index contributed by atoms with van der Waals surface area (Å²) < 4.78 is 5.46. The van der Waals surface area contributed by atoms with E-state index in [1.807, 2.05) is 36.5 Å². The second kappa shape index (κ2) is 3.81. The van der Waals surface area contributed by atoms with Gasteiger partial charge in [-0.25, -0.2) is 0 Å². The number of pyridine rings is 1. The average molecular weight is 209 g/mol. The molecule has 0 atom stereocenters. The molecule has 16 heavy (non-hydrogen) atoms. The molecular weight excluding hydrogens is 198 g/mol. The van der Waals surface area contributed by atoms with E-state index in [0.29, 0.717) is 0 Å². The first-order chi connectivity index (χ1) is 7.93. The Balaban J connectivity index is 2.04. The minimum Gasteiger partial charge on any atom is -0.462 e. The van der Waals surface area contributed by atoms with E-state index in [2.05, 4.69) is 17.1 Å². The van der Waals surface area contributed by atoms with Gasteiger partial charge in [-0.05, 0) is 17.7 Å². The van der Waals surface area contributed by atoms with Gasteiger partial charge in [0.1, 0.15) is 0 Å². The van der Waals surface area contributed by atoms with E-state index >= 15 is 0 Å². The zero-order valence-electron chi connectivity index (χ0n) is 8.76. The van der Waals surface area contributed by atoms with E-state index in [1.165, 1.54) is 5.56 Å². The zero-order chi connectivity index (χ0) is 10.8. The van der Waals surface area contributed by atoms with Gasteiger partial charge in [-0.3, -0.25) is 4.98 Å². The molecule has 78 valence electrons. The third-order valence-electron chi connectivity index (χ3n) is 2.66. The molecule has 0 spiro atoms. The summed E-state index contributed by atoms with van der Waals surface area (Å²) in [7, 11) is 0. The maximum absolute atomic E-state index is 5.46. The van der Waals surface area contributed by atoms with Gasteiger partial charge >= 0.3 is 0 Å². The Hall–Kier alpha value is -2.09. The zero-order valence-corrected chi connectivity index (χ0v) is 8.76. The van der Waals surface area contributed by atoms with Crippen LogP contribution >= 0.6 is 0 Å². The van der Waals surface area contributed by atoms with Gasteiger partial charge in [-0.2, -0.15) is 0 Å². The summed E-state index contributed by atoms with van der Waals surface area (Å²) >= 11 is 0. The van der Waals surface area contributed by atoms with Crippen LogP contribution in [0.3, 0.4) is 0 Å². The van der Waals surface area contributed by atoms with Gasteiger partial charge in [-0.15, -0.1) is 0 Å². The lowest BCUT2D eigenvalue weighted by Crippen LogP contribution is -1.91. The lowest BCUT2D eigenvalue weighted by atomic mass is 10.1. The second-order valence-electron chi connectivity index (χ2n) is 3.76. The summed E-state index contributed by atoms with van der Waals surface area (Å²) in [5.41, 5.74) is 3.14. The second-order valence-corrected chi connectivity index (χ2v) is 3.76. The Morgan fingerprint density at radius 3 is 2.75 bits per heavy atom. The highest BCUT2D eigenvalue weighted by Gasteiger charge is 2.05. The molecule has 3 rings (SSSR count). The van der Waals surface area contributed by atoms with Crippen LogP contribution in [0.5, 0.6) is 0 Å². The minimum atomic E-state index is 0.811. The number of hydrogen-bond acceptors (Lipinski definition) is 2. The highest BCUT2D eigenvalue weighted by atomic mass is 16.3. The molecule has 0 unspecified atom stereocenters. The number of hydrogen-bond donors (Lipinski definition) is 0. The predicted molar refractivity (Wildman–Crippen MR) is 63.3 cm³/mol. The van der Waals surface area contributed by atoms with Crippen LogP contribution in [0.2, 0.25) is 0 Å². The summed E-state index contributed by atoms with van der Waals surface area (Å²) in [6.45, 7) is 0. The molecule has 0 aliphatic rings. The van der Waals surface area contributed by atoms with Gasteiger partial charge in [0.2, 0.25) is 0 Å². The van der Waals surface area contributed by atoms with Gasteiger partial charge in [0.25, 0.3) is 0 Å². The molecule has 0 aliphatic carbocycles. The maximum Gasteiger partial charge on any atom is 0.155 e. The Morgan fingerprint density at radius 1 is 1.00 bits per heavy atom. The lowest BCUT2D eigenvalue weighted by Gasteiger charge is -2.01. The molecule has 2 aromatic heterocycles. The summed E-state index contributed by atoms with van der Waals surface area (Å²) in [5.74, 6) is 0. The quantitative estimate of drug-likeness (QED) is 0.646. The van der Waals surface area contributed by atoms with E-state index in [-0.39, 0.29) is 0 Å². The van der Waals surface area contributed by atoms with Crippen LogP contribution in [0.15, 0.2) is 59.3 Å². The topological polar surface area (TPSA) is 26.0 Å². The van der Waals surface area contributed by atoms with Crippen molar-refractivity contribution in [1.82, 2.24) is 4.98 Å². The smallest absolute Gasteiger partial charge is 0.155 e. The summed E-state index contributed by atoms with van der Waals surface area (Å²) in [5, 5.41) is 1.11. The number of rotatable bonds is 2. The van der Waals surface area contributed by atoms with Crippen molar-refractivity contribution in [3.8, 4) is 0 Å². The van der Waals surface area contributed by atoms with Crippen LogP contribution in [-0.2, 0) is 6.42 Å². The molecule has 0 radical (unpaired) electrons. The van der Waals surface area contributed by atoms with Crippen LogP contribution in [-0.4, -0.2) is 4.98 Å². The van der Waals surface area contributed by atoms with Gasteiger partial charge in [0.15, 0.2) is 5.58 Å². The van der Waals surface area contributed by atoms with Gasteiger partial charge in [0.05, 0.1) is 12.0 Å². The van der Waals surface area contributed by atoms with Crippen molar-refractivity contribution in [2.45, 2.75) is 6.42 Å². The molecule has 2 nitrogen and oxygen atoms in total. The Bertz CT molecular complexity index is 598. The number of benzene rings is 1. The first-order valence-corrected chi connectivity index (χ1v) is 5.28. The fourth-order valence-electron chi connectivity index (χ4n) is 1.87. The Labute approximate surface area is 93.5 Å². The van der Waals surface area contributed by atoms with E-state index in [4.69, 9.17) is 4.42 Å². The minimum absolute atomic E-state index is 0.811. The van der Waals surface area contributed by atoms with Gasteiger partial charge < -0.3 is 4.42 Å². The van der Waals surface area contributed by atoms with Gasteiger partial charge in [-0.1, -0.05) is 30.3 Å².